The van der Waals surface area contributed by atoms with Crippen molar-refractivity contribution < 1.29 is 7.54 Å². The number of hydrogen-bond acceptors (Lipinski definition) is 2. The van der Waals surface area contributed by atoms with E-state index in [1.807, 2.05) is 0 Å². The molecule has 0 saturated heterocycles. The lowest BCUT2D eigenvalue weighted by Crippen LogP contribution is -2.29. The van der Waals surface area contributed by atoms with Gasteiger partial charge in [0.15, 0.2) is 0 Å². The number of nitrogens with two attached hydrogens (primary N) is 1. The Morgan fingerprint density at radius 3 is 2.54 bits per heavy atom. The van der Waals surface area contributed by atoms with Gasteiger partial charge in [0, 0.05) is 2.74 Å². The van der Waals surface area contributed by atoms with Crippen LogP contribution >= 0.6 is 0 Å². The van der Waals surface area contributed by atoms with E-state index in [0.29, 0.717) is 6.42 Å². The van der Waals surface area contributed by atoms with Crippen molar-refractivity contribution >= 4 is 5.91 Å². The predicted molar refractivity (Wildman–Crippen MR) is 55.4 cm³/mol. The third kappa shape index (κ3) is 11.4. The van der Waals surface area contributed by atoms with E-state index in [0.717, 1.165) is 19.3 Å². The van der Waals surface area contributed by atoms with Gasteiger partial charge in [-0.15, -0.1) is 0 Å². The average molecular weight is 188 g/mol. The molecule has 3 heteroatoms. The molecule has 0 spiro atoms. The van der Waals surface area contributed by atoms with Crippen molar-refractivity contribution in [2.75, 3.05) is 13.0 Å². The molecular formula is C10H22N2O. The molecule has 0 aromatic rings. The lowest BCUT2D eigenvalue weighted by Gasteiger charge is -2.01. The summed E-state index contributed by atoms with van der Waals surface area (Å²) in [5, 5.41) is 2.51. The van der Waals surface area contributed by atoms with Crippen LogP contribution in [0.4, 0.5) is 0 Å². The van der Waals surface area contributed by atoms with Gasteiger partial charge in [-0.3, -0.25) is 4.79 Å². The van der Waals surface area contributed by atoms with Crippen LogP contribution in [-0.4, -0.2) is 18.9 Å². The second-order valence-corrected chi connectivity index (χ2v) is 3.16. The van der Waals surface area contributed by atoms with Crippen molar-refractivity contribution in [3.8, 4) is 0 Å². The van der Waals surface area contributed by atoms with E-state index in [1.54, 1.807) is 0 Å². The second-order valence-electron chi connectivity index (χ2n) is 3.16. The quantitative estimate of drug-likeness (QED) is 0.538. The summed E-state index contributed by atoms with van der Waals surface area (Å²) in [7, 11) is 0. The van der Waals surface area contributed by atoms with E-state index in [9.17, 15) is 4.79 Å². The highest BCUT2D eigenvalue weighted by molar-refractivity contribution is 5.75. The zero-order valence-corrected chi connectivity index (χ0v) is 8.44. The van der Waals surface area contributed by atoms with Crippen molar-refractivity contribution in [3.05, 3.63) is 0 Å². The molecule has 3 nitrogen and oxygen atoms in total. The van der Waals surface area contributed by atoms with Gasteiger partial charge in [-0.2, -0.15) is 0 Å². The van der Waals surface area contributed by atoms with Crippen molar-refractivity contribution in [1.82, 2.24) is 5.32 Å². The Labute approximate surface area is 83.9 Å². The standard InChI is InChI=1S/C10H22N2O/c1-2-3-4-5-6-7-8-12-9-10(11)13/h12H,2-9H2,1H3,(H2,11,13)/i8D2. The first-order valence-electron chi connectivity index (χ1n) is 6.01. The van der Waals surface area contributed by atoms with Gasteiger partial charge in [0.2, 0.25) is 5.91 Å². The normalized spacial score (nSPS) is 13.6. The van der Waals surface area contributed by atoms with Crippen LogP contribution in [0.25, 0.3) is 0 Å². The molecular weight excluding hydrogens is 164 g/mol. The molecule has 0 aromatic heterocycles. The number of nitrogens with one attached hydrogen (secondary N) is 1. The Kier molecular flexibility index (Phi) is 6.59. The molecule has 0 aliphatic carbocycles. The molecule has 0 radical (unpaired) electrons. The van der Waals surface area contributed by atoms with E-state index in [4.69, 9.17) is 8.48 Å². The molecule has 0 bridgehead atoms. The van der Waals surface area contributed by atoms with Crippen LogP contribution in [0.3, 0.4) is 0 Å². The fraction of sp³-hybridized carbons (Fsp3) is 0.900. The molecule has 0 atom stereocenters. The van der Waals surface area contributed by atoms with E-state index in [2.05, 4.69) is 12.2 Å². The van der Waals surface area contributed by atoms with Gasteiger partial charge < -0.3 is 11.1 Å². The lowest BCUT2D eigenvalue weighted by atomic mass is 10.1. The number of unbranched alkanes of at least 4 members (excludes halogenated alkanes) is 4. The summed E-state index contributed by atoms with van der Waals surface area (Å²) >= 11 is 0. The maximum atomic E-state index is 10.5. The summed E-state index contributed by atoms with van der Waals surface area (Å²) in [6.45, 7) is 0.580. The Balaban J connectivity index is 3.50. The van der Waals surface area contributed by atoms with Crippen LogP contribution in [0.1, 0.15) is 48.2 Å². The molecule has 1 amide bonds. The molecule has 3 N–H and O–H groups in total. The second kappa shape index (κ2) is 9.52. The van der Waals surface area contributed by atoms with Gasteiger partial charge in [0.25, 0.3) is 0 Å². The van der Waals surface area contributed by atoms with Gasteiger partial charge in [0.1, 0.15) is 0 Å². The Bertz CT molecular complexity index is 186. The van der Waals surface area contributed by atoms with Crippen LogP contribution in [0, 0.1) is 0 Å². The third-order valence-electron chi connectivity index (χ3n) is 1.79. The number of carbonyl (C=O) groups is 1. The number of carbonyl (C=O) groups excluding carboxylic acids is 1. The average Bonchev–Trinajstić information content (AvgIpc) is 2.15. The van der Waals surface area contributed by atoms with Gasteiger partial charge in [-0.25, -0.2) is 0 Å². The number of primary amides is 1. The molecule has 13 heavy (non-hydrogen) atoms. The van der Waals surface area contributed by atoms with Crippen LogP contribution < -0.4 is 11.1 Å². The molecule has 0 heterocycles. The first-order valence-corrected chi connectivity index (χ1v) is 5.01. The maximum absolute atomic E-state index is 10.5. The SMILES string of the molecule is [2H]C([2H])(CCCCCCC)NCC(N)=O. The lowest BCUT2D eigenvalue weighted by molar-refractivity contribution is -0.117. The zero-order valence-electron chi connectivity index (χ0n) is 10.4. The van der Waals surface area contributed by atoms with Gasteiger partial charge in [-0.1, -0.05) is 39.0 Å². The molecule has 0 rings (SSSR count). The van der Waals surface area contributed by atoms with Crippen molar-refractivity contribution in [1.29, 1.82) is 0 Å². The van der Waals surface area contributed by atoms with E-state index < -0.39 is 12.4 Å². The molecule has 0 saturated carbocycles. The molecule has 0 unspecified atom stereocenters. The minimum atomic E-state index is -1.47. The summed E-state index contributed by atoms with van der Waals surface area (Å²) in [6.07, 6.45) is 5.88. The Morgan fingerprint density at radius 1 is 1.31 bits per heavy atom. The van der Waals surface area contributed by atoms with Crippen LogP contribution in [-0.2, 0) is 4.79 Å². The van der Waals surface area contributed by atoms with Crippen LogP contribution in [0.5, 0.6) is 0 Å². The smallest absolute Gasteiger partial charge is 0.231 e. The first-order chi connectivity index (χ1) is 6.98. The first kappa shape index (κ1) is 9.00. The van der Waals surface area contributed by atoms with Gasteiger partial charge >= 0.3 is 0 Å². The molecule has 0 aromatic carbocycles. The van der Waals surface area contributed by atoms with Crippen molar-refractivity contribution in [2.24, 2.45) is 5.73 Å². The monoisotopic (exact) mass is 188 g/mol. The Morgan fingerprint density at radius 2 is 1.92 bits per heavy atom. The van der Waals surface area contributed by atoms with Crippen LogP contribution in [0.15, 0.2) is 0 Å². The van der Waals surface area contributed by atoms with E-state index in [1.165, 1.54) is 12.8 Å². The van der Waals surface area contributed by atoms with E-state index in [-0.39, 0.29) is 6.54 Å². The van der Waals surface area contributed by atoms with Crippen LogP contribution in [0.2, 0.25) is 0 Å². The Hall–Kier alpha value is -0.570. The molecule has 78 valence electrons. The number of amides is 1. The van der Waals surface area contributed by atoms with Crippen molar-refractivity contribution in [2.45, 2.75) is 45.4 Å². The highest BCUT2D eigenvalue weighted by Gasteiger charge is 1.92. The summed E-state index contributed by atoms with van der Waals surface area (Å²) in [4.78, 5) is 10.5. The molecule has 0 fully saturated rings. The largest absolute Gasteiger partial charge is 0.369 e. The topological polar surface area (TPSA) is 55.1 Å². The fourth-order valence-corrected chi connectivity index (χ4v) is 1.05. The molecule has 0 aliphatic heterocycles. The minimum Gasteiger partial charge on any atom is -0.369 e. The van der Waals surface area contributed by atoms with E-state index >= 15 is 0 Å². The number of rotatable bonds is 9. The minimum absolute atomic E-state index is 0.0953. The van der Waals surface area contributed by atoms with Gasteiger partial charge in [-0.05, 0) is 12.9 Å². The zero-order chi connectivity index (χ0) is 11.7. The summed E-state index contributed by atoms with van der Waals surface area (Å²) < 4.78 is 15.1. The predicted octanol–water partition coefficient (Wildman–Crippen LogP) is 1.42. The third-order valence-corrected chi connectivity index (χ3v) is 1.79. The van der Waals surface area contributed by atoms with Crippen molar-refractivity contribution in [3.63, 3.8) is 0 Å². The summed E-state index contributed by atoms with van der Waals surface area (Å²) in [5.41, 5.74) is 4.93. The molecule has 0 aliphatic rings. The maximum Gasteiger partial charge on any atom is 0.231 e. The summed E-state index contributed by atoms with van der Waals surface area (Å²) in [5.74, 6) is -0.523. The fourth-order valence-electron chi connectivity index (χ4n) is 1.05. The van der Waals surface area contributed by atoms with Gasteiger partial charge in [0.05, 0.1) is 6.54 Å². The highest BCUT2D eigenvalue weighted by atomic mass is 16.1. The number of hydrogen-bond donors (Lipinski definition) is 2. The highest BCUT2D eigenvalue weighted by Crippen LogP contribution is 2.03. The summed E-state index contributed by atoms with van der Waals surface area (Å²) in [6, 6.07) is 0.